The molecule has 8 aromatic rings. The molecule has 50 heavy (non-hydrogen) atoms. The van der Waals surface area contributed by atoms with Crippen LogP contribution in [0.5, 0.6) is 0 Å². The third kappa shape index (κ3) is 4.43. The summed E-state index contributed by atoms with van der Waals surface area (Å²) in [6, 6.07) is 53.0. The summed E-state index contributed by atoms with van der Waals surface area (Å²) in [5, 5.41) is 0. The molecule has 240 valence electrons. The molecule has 0 N–H and O–H groups in total. The zero-order valence-electron chi connectivity index (χ0n) is 28.1. The molecular formula is C45H34N4O. The van der Waals surface area contributed by atoms with Crippen LogP contribution in [0.1, 0.15) is 23.6 Å². The number of benzene rings is 6. The van der Waals surface area contributed by atoms with Crippen LogP contribution < -0.4 is 5.69 Å². The van der Waals surface area contributed by atoms with Gasteiger partial charge in [0.1, 0.15) is 0 Å². The minimum Gasteiger partial charge on any atom is -0.295 e. The summed E-state index contributed by atoms with van der Waals surface area (Å²) < 4.78 is 3.42. The monoisotopic (exact) mass is 646 g/mol. The topological polar surface area (TPSA) is 52.7 Å². The first-order chi connectivity index (χ1) is 24.4. The fraction of sp³-hybridized carbons (Fsp3) is 0.0889. The highest BCUT2D eigenvalue weighted by molar-refractivity contribution is 5.94. The molecule has 0 aliphatic heterocycles. The predicted octanol–water partition coefficient (Wildman–Crippen LogP) is 9.67. The van der Waals surface area contributed by atoms with E-state index in [1.165, 1.54) is 27.8 Å². The second kappa shape index (κ2) is 11.4. The molecule has 1 atom stereocenters. The molecule has 9 rings (SSSR count). The predicted molar refractivity (Wildman–Crippen MR) is 203 cm³/mol. The Morgan fingerprint density at radius 1 is 0.520 bits per heavy atom. The quantitative estimate of drug-likeness (QED) is 0.187. The van der Waals surface area contributed by atoms with Crippen molar-refractivity contribution in [3.8, 4) is 56.2 Å². The normalized spacial score (nSPS) is 14.9. The largest absolute Gasteiger partial charge is 0.328 e. The fourth-order valence-electron chi connectivity index (χ4n) is 7.91. The van der Waals surface area contributed by atoms with Crippen molar-refractivity contribution < 1.29 is 0 Å². The van der Waals surface area contributed by atoms with E-state index in [1.807, 2.05) is 44.4 Å². The number of rotatable bonds is 5. The van der Waals surface area contributed by atoms with E-state index in [1.54, 1.807) is 9.13 Å². The van der Waals surface area contributed by atoms with Crippen LogP contribution in [0.4, 0.5) is 0 Å². The lowest BCUT2D eigenvalue weighted by Crippen LogP contribution is -2.22. The van der Waals surface area contributed by atoms with E-state index in [-0.39, 0.29) is 11.1 Å². The van der Waals surface area contributed by atoms with Gasteiger partial charge in [-0.25, -0.2) is 14.8 Å². The van der Waals surface area contributed by atoms with Crippen molar-refractivity contribution in [1.82, 2.24) is 19.1 Å². The van der Waals surface area contributed by atoms with Gasteiger partial charge in [0.25, 0.3) is 0 Å². The fourth-order valence-corrected chi connectivity index (χ4v) is 7.91. The van der Waals surface area contributed by atoms with E-state index in [4.69, 9.17) is 9.97 Å². The van der Waals surface area contributed by atoms with Crippen molar-refractivity contribution in [2.24, 2.45) is 14.1 Å². The van der Waals surface area contributed by atoms with Crippen LogP contribution in [-0.2, 0) is 19.5 Å². The molecular weight excluding hydrogens is 613 g/mol. The van der Waals surface area contributed by atoms with Crippen LogP contribution in [0.15, 0.2) is 156 Å². The van der Waals surface area contributed by atoms with E-state index in [0.717, 1.165) is 50.2 Å². The smallest absolute Gasteiger partial charge is 0.295 e. The molecule has 5 heteroatoms. The number of fused-ring (bicyclic) bond motifs is 4. The summed E-state index contributed by atoms with van der Waals surface area (Å²) in [5.74, 6) is 0.693. The van der Waals surface area contributed by atoms with E-state index < -0.39 is 0 Å². The maximum Gasteiger partial charge on any atom is 0.328 e. The SMILES string of the molecule is Cn1c(=O)n(C)c2c(-c3ccc(-c4cc(-c5ccccc5)nc(-c5cccc6c5-c5ccccc5C6(C)c5ccccc5)n4)cc3)cccc21. The zero-order valence-corrected chi connectivity index (χ0v) is 28.1. The molecule has 1 aliphatic carbocycles. The van der Waals surface area contributed by atoms with Gasteiger partial charge in [-0.05, 0) is 52.4 Å². The maximum atomic E-state index is 12.8. The van der Waals surface area contributed by atoms with Gasteiger partial charge in [0, 0.05) is 41.8 Å². The highest BCUT2D eigenvalue weighted by atomic mass is 16.1. The lowest BCUT2D eigenvalue weighted by atomic mass is 9.74. The van der Waals surface area contributed by atoms with Gasteiger partial charge in [-0.3, -0.25) is 9.13 Å². The van der Waals surface area contributed by atoms with Crippen LogP contribution in [0.2, 0.25) is 0 Å². The number of para-hydroxylation sites is 1. The molecule has 0 fully saturated rings. The van der Waals surface area contributed by atoms with Gasteiger partial charge < -0.3 is 0 Å². The number of aromatic nitrogens is 4. The third-order valence-corrected chi connectivity index (χ3v) is 10.5. The molecule has 5 nitrogen and oxygen atoms in total. The van der Waals surface area contributed by atoms with Crippen molar-refractivity contribution >= 4 is 11.0 Å². The van der Waals surface area contributed by atoms with E-state index in [0.29, 0.717) is 5.82 Å². The van der Waals surface area contributed by atoms with Gasteiger partial charge in [0.05, 0.1) is 22.4 Å². The molecule has 6 aromatic carbocycles. The second-order valence-electron chi connectivity index (χ2n) is 13.2. The van der Waals surface area contributed by atoms with Crippen LogP contribution >= 0.6 is 0 Å². The summed E-state index contributed by atoms with van der Waals surface area (Å²) >= 11 is 0. The van der Waals surface area contributed by atoms with Gasteiger partial charge in [0.2, 0.25) is 0 Å². The first kappa shape index (κ1) is 29.8. The molecule has 1 unspecified atom stereocenters. The lowest BCUT2D eigenvalue weighted by molar-refractivity contribution is 0.714. The number of imidazole rings is 1. The Morgan fingerprint density at radius 3 is 1.82 bits per heavy atom. The van der Waals surface area contributed by atoms with Crippen molar-refractivity contribution in [3.63, 3.8) is 0 Å². The summed E-state index contributed by atoms with van der Waals surface area (Å²) in [6.07, 6.45) is 0. The third-order valence-electron chi connectivity index (χ3n) is 10.5. The lowest BCUT2D eigenvalue weighted by Gasteiger charge is -2.28. The summed E-state index contributed by atoms with van der Waals surface area (Å²) in [6.45, 7) is 2.33. The molecule has 0 saturated carbocycles. The van der Waals surface area contributed by atoms with E-state index in [9.17, 15) is 4.79 Å². The van der Waals surface area contributed by atoms with Gasteiger partial charge in [-0.1, -0.05) is 140 Å². The maximum absolute atomic E-state index is 12.8. The van der Waals surface area contributed by atoms with Crippen molar-refractivity contribution in [3.05, 3.63) is 179 Å². The molecule has 0 amide bonds. The zero-order chi connectivity index (χ0) is 34.0. The summed E-state index contributed by atoms with van der Waals surface area (Å²) in [4.78, 5) is 23.3. The van der Waals surface area contributed by atoms with Crippen molar-refractivity contribution in [2.75, 3.05) is 0 Å². The van der Waals surface area contributed by atoms with Gasteiger partial charge in [-0.2, -0.15) is 0 Å². The average molecular weight is 647 g/mol. The molecule has 0 spiro atoms. The minimum absolute atomic E-state index is 0.0369. The molecule has 0 bridgehead atoms. The molecule has 1 aliphatic rings. The molecule has 0 saturated heterocycles. The number of hydrogen-bond acceptors (Lipinski definition) is 3. The average Bonchev–Trinajstić information content (AvgIpc) is 3.58. The molecule has 2 heterocycles. The van der Waals surface area contributed by atoms with Crippen molar-refractivity contribution in [2.45, 2.75) is 12.3 Å². The Kier molecular flexibility index (Phi) is 6.78. The summed E-state index contributed by atoms with van der Waals surface area (Å²) in [5.41, 5.74) is 14.5. The van der Waals surface area contributed by atoms with Crippen LogP contribution in [0.25, 0.3) is 67.2 Å². The van der Waals surface area contributed by atoms with Crippen LogP contribution in [0.3, 0.4) is 0 Å². The van der Waals surface area contributed by atoms with Gasteiger partial charge in [0.15, 0.2) is 5.82 Å². The van der Waals surface area contributed by atoms with E-state index in [2.05, 4.69) is 128 Å². The standard InChI is InChI=1S/C45H34N4O/c1-45(32-16-8-5-9-17-32)36-21-11-10-18-34(36)41-35(20-12-22-37(41)45)43-46-38(30-14-6-4-7-15-30)28-39(47-43)31-26-24-29(25-27-31)33-19-13-23-40-42(33)49(3)44(50)48(40)2/h4-28H,1-3H3. The highest BCUT2D eigenvalue weighted by Crippen LogP contribution is 2.54. The number of nitrogens with zero attached hydrogens (tertiary/aromatic N) is 4. The van der Waals surface area contributed by atoms with Crippen molar-refractivity contribution in [1.29, 1.82) is 0 Å². The Bertz CT molecular complexity index is 2640. The Morgan fingerprint density at radius 2 is 1.08 bits per heavy atom. The van der Waals surface area contributed by atoms with E-state index >= 15 is 0 Å². The van der Waals surface area contributed by atoms with Gasteiger partial charge in [-0.15, -0.1) is 0 Å². The van der Waals surface area contributed by atoms with Crippen LogP contribution in [0, 0.1) is 0 Å². The second-order valence-corrected chi connectivity index (χ2v) is 13.2. The summed E-state index contributed by atoms with van der Waals surface area (Å²) in [7, 11) is 3.65. The first-order valence-electron chi connectivity index (χ1n) is 16.9. The highest BCUT2D eigenvalue weighted by Gasteiger charge is 2.42. The first-order valence-corrected chi connectivity index (χ1v) is 16.9. The van der Waals surface area contributed by atoms with Crippen LogP contribution in [-0.4, -0.2) is 19.1 Å². The number of aryl methyl sites for hydroxylation is 2. The molecule has 0 radical (unpaired) electrons. The number of hydrogen-bond donors (Lipinski definition) is 0. The Hall–Kier alpha value is -6.33. The molecule has 2 aromatic heterocycles. The Labute approximate surface area is 290 Å². The Balaban J connectivity index is 1.22. The minimum atomic E-state index is -0.315. The van der Waals surface area contributed by atoms with Gasteiger partial charge >= 0.3 is 5.69 Å².